The third-order valence-electron chi connectivity index (χ3n) is 4.81. The van der Waals surface area contributed by atoms with Gasteiger partial charge in [0.2, 0.25) is 0 Å². The molecule has 0 N–H and O–H groups in total. The summed E-state index contributed by atoms with van der Waals surface area (Å²) in [6.45, 7) is 2.20. The zero-order valence-corrected chi connectivity index (χ0v) is 21.6. The van der Waals surface area contributed by atoms with Gasteiger partial charge in [0.1, 0.15) is 0 Å². The van der Waals surface area contributed by atoms with E-state index in [0.717, 1.165) is 39.5 Å². The molecule has 0 saturated heterocycles. The molecule has 3 aromatic carbocycles. The molecule has 0 fully saturated rings. The molecule has 1 heterocycles. The summed E-state index contributed by atoms with van der Waals surface area (Å²) >= 11 is 1.89. The van der Waals surface area contributed by atoms with Crippen LogP contribution in [0.1, 0.15) is 28.7 Å². The van der Waals surface area contributed by atoms with Crippen LogP contribution in [0.4, 0.5) is 11.4 Å². The second-order valence-corrected chi connectivity index (χ2v) is 10.0. The fourth-order valence-corrected chi connectivity index (χ4v) is 4.09. The Bertz CT molecular complexity index is 1190. The number of nitrogens with zero attached hydrogens (tertiary/aromatic N) is 2. The van der Waals surface area contributed by atoms with Gasteiger partial charge in [-0.25, -0.2) is 0 Å². The minimum atomic E-state index is 0.194. The van der Waals surface area contributed by atoms with Crippen LogP contribution in [0.15, 0.2) is 101 Å². The van der Waals surface area contributed by atoms with E-state index >= 15 is 0 Å². The Morgan fingerprint density at radius 3 is 1.94 bits per heavy atom. The Morgan fingerprint density at radius 2 is 1.27 bits per heavy atom. The summed E-state index contributed by atoms with van der Waals surface area (Å²) in [6, 6.07) is 31.2. The minimum absolute atomic E-state index is 0.194. The number of aryl methyl sites for hydroxylation is 1. The third-order valence-corrected chi connectivity index (χ3v) is 5.76. The van der Waals surface area contributed by atoms with Crippen molar-refractivity contribution in [3.8, 4) is 11.1 Å². The fraction of sp³-hybridized carbons (Fsp3) is 0.111. The van der Waals surface area contributed by atoms with Crippen LogP contribution < -0.4 is 0 Å². The fourth-order valence-electron chi connectivity index (χ4n) is 3.34. The first-order valence-corrected chi connectivity index (χ1v) is 14.4. The molecule has 0 saturated carbocycles. The van der Waals surface area contributed by atoms with Gasteiger partial charge in [-0.15, -0.1) is 11.3 Å². The molecule has 0 aliphatic carbocycles. The van der Waals surface area contributed by atoms with E-state index in [1.165, 1.54) is 11.1 Å². The molecule has 2 nitrogen and oxygen atoms in total. The van der Waals surface area contributed by atoms with Gasteiger partial charge in [0, 0.05) is 27.7 Å². The van der Waals surface area contributed by atoms with Crippen molar-refractivity contribution in [3.05, 3.63) is 106 Å². The first-order chi connectivity index (χ1) is 16.2. The SMILES string of the molecule is CCCc1ccccc1N=Cc1ccc(C=Nc2ccccc2-c2ccccc2)s1.[Cl][Fe][Cl]. The van der Waals surface area contributed by atoms with Gasteiger partial charge in [0.25, 0.3) is 0 Å². The van der Waals surface area contributed by atoms with E-state index in [9.17, 15) is 0 Å². The third kappa shape index (κ3) is 7.96. The van der Waals surface area contributed by atoms with Crippen LogP contribution in [0.2, 0.25) is 0 Å². The predicted octanol–water partition coefficient (Wildman–Crippen LogP) is 9.25. The number of hydrogen-bond donors (Lipinski definition) is 0. The molecule has 6 heteroatoms. The second kappa shape index (κ2) is 14.1. The molecule has 0 unspecified atom stereocenters. The van der Waals surface area contributed by atoms with E-state index in [1.54, 1.807) is 11.3 Å². The van der Waals surface area contributed by atoms with Crippen molar-refractivity contribution in [2.24, 2.45) is 9.98 Å². The normalized spacial score (nSPS) is 11.1. The van der Waals surface area contributed by atoms with Crippen LogP contribution in [0.5, 0.6) is 0 Å². The number of para-hydroxylation sites is 2. The molecule has 170 valence electrons. The van der Waals surface area contributed by atoms with Gasteiger partial charge in [-0.05, 0) is 41.8 Å². The van der Waals surface area contributed by atoms with Crippen molar-refractivity contribution in [2.75, 3.05) is 0 Å². The molecular weight excluding hydrogens is 511 g/mol. The second-order valence-electron chi connectivity index (χ2n) is 7.07. The Hall–Kier alpha value is -2.20. The molecule has 0 aliphatic heterocycles. The van der Waals surface area contributed by atoms with Crippen LogP contribution in [0.25, 0.3) is 11.1 Å². The van der Waals surface area contributed by atoms with Crippen molar-refractivity contribution in [2.45, 2.75) is 19.8 Å². The predicted molar refractivity (Wildman–Crippen MR) is 143 cm³/mol. The molecule has 0 bridgehead atoms. The number of halogens is 2. The molecule has 4 aromatic rings. The Morgan fingerprint density at radius 1 is 0.727 bits per heavy atom. The van der Waals surface area contributed by atoms with E-state index in [4.69, 9.17) is 30.2 Å². The van der Waals surface area contributed by atoms with Crippen LogP contribution >= 0.6 is 31.5 Å². The van der Waals surface area contributed by atoms with E-state index in [-0.39, 0.29) is 13.1 Å². The van der Waals surface area contributed by atoms with Crippen molar-refractivity contribution in [3.63, 3.8) is 0 Å². The van der Waals surface area contributed by atoms with Gasteiger partial charge in [-0.3, -0.25) is 9.98 Å². The Kier molecular flexibility index (Phi) is 10.9. The first kappa shape index (κ1) is 25.4. The standard InChI is InChI=1S/C27H24N2S.2ClH.Fe/c1-2-10-22-13-6-8-15-26(22)28-19-23-17-18-24(30-23)20-29-27-16-9-7-14-25(27)21-11-4-3-5-12-21;;;/h3-9,11-20H,2,10H2,1H3;2*1H;/q;;;+2/p-2. The molecule has 4 rings (SSSR count). The summed E-state index contributed by atoms with van der Waals surface area (Å²) in [4.78, 5) is 11.7. The van der Waals surface area contributed by atoms with Gasteiger partial charge in [-0.2, -0.15) is 0 Å². The molecule has 33 heavy (non-hydrogen) atoms. The topological polar surface area (TPSA) is 24.7 Å². The quantitative estimate of drug-likeness (QED) is 0.167. The average Bonchev–Trinajstić information content (AvgIpc) is 3.31. The van der Waals surface area contributed by atoms with Crippen molar-refractivity contribution < 1.29 is 13.1 Å². The van der Waals surface area contributed by atoms with Crippen molar-refractivity contribution >= 4 is 55.3 Å². The summed E-state index contributed by atoms with van der Waals surface area (Å²) in [5.41, 5.74) is 5.64. The Balaban J connectivity index is 0.000000968. The van der Waals surface area contributed by atoms with Crippen LogP contribution in [-0.2, 0) is 19.6 Å². The number of thiophene rings is 1. The molecular formula is C27H24Cl2FeN2S. The maximum atomic E-state index is 4.76. The number of aliphatic imine (C=N–C) groups is 2. The van der Waals surface area contributed by atoms with Crippen LogP contribution in [0.3, 0.4) is 0 Å². The number of hydrogen-bond acceptors (Lipinski definition) is 3. The van der Waals surface area contributed by atoms with E-state index in [2.05, 4.69) is 79.7 Å². The number of rotatable bonds is 7. The first-order valence-electron chi connectivity index (χ1n) is 10.5. The Labute approximate surface area is 214 Å². The summed E-state index contributed by atoms with van der Waals surface area (Å²) in [5.74, 6) is 0. The van der Waals surface area contributed by atoms with Gasteiger partial charge >= 0.3 is 33.3 Å². The van der Waals surface area contributed by atoms with Gasteiger partial charge in [0.15, 0.2) is 0 Å². The molecule has 0 amide bonds. The van der Waals surface area contributed by atoms with Crippen LogP contribution in [0, 0.1) is 0 Å². The molecule has 0 spiro atoms. The monoisotopic (exact) mass is 534 g/mol. The maximum absolute atomic E-state index is 4.76. The summed E-state index contributed by atoms with van der Waals surface area (Å²) in [6.07, 6.45) is 6.07. The molecule has 1 aromatic heterocycles. The van der Waals surface area contributed by atoms with E-state index in [0.29, 0.717) is 0 Å². The van der Waals surface area contributed by atoms with Gasteiger partial charge < -0.3 is 0 Å². The van der Waals surface area contributed by atoms with E-state index < -0.39 is 0 Å². The van der Waals surface area contributed by atoms with Gasteiger partial charge in [0.05, 0.1) is 11.4 Å². The molecule has 0 radical (unpaired) electrons. The zero-order chi connectivity index (χ0) is 23.3. The summed E-state index contributed by atoms with van der Waals surface area (Å²) in [5, 5.41) is 0. The molecule has 0 atom stereocenters. The van der Waals surface area contributed by atoms with Crippen LogP contribution in [-0.4, -0.2) is 12.4 Å². The zero-order valence-electron chi connectivity index (χ0n) is 18.1. The summed E-state index contributed by atoms with van der Waals surface area (Å²) < 4.78 is 0. The average molecular weight is 535 g/mol. The van der Waals surface area contributed by atoms with E-state index in [1.807, 2.05) is 30.6 Å². The van der Waals surface area contributed by atoms with Crippen molar-refractivity contribution in [1.29, 1.82) is 0 Å². The number of benzene rings is 3. The summed E-state index contributed by atoms with van der Waals surface area (Å²) in [7, 11) is 9.53. The van der Waals surface area contributed by atoms with Crippen molar-refractivity contribution in [1.82, 2.24) is 0 Å². The molecule has 0 aliphatic rings. The van der Waals surface area contributed by atoms with Gasteiger partial charge in [-0.1, -0.05) is 80.1 Å².